The molecule has 1 unspecified atom stereocenters. The molecule has 3 heteroatoms. The van der Waals surface area contributed by atoms with Crippen molar-refractivity contribution in [2.75, 3.05) is 0 Å². The quantitative estimate of drug-likeness (QED) is 0.724. The molecule has 0 saturated heterocycles. The van der Waals surface area contributed by atoms with Crippen molar-refractivity contribution in [1.82, 2.24) is 0 Å². The Balaban J connectivity index is 1.86. The molecule has 1 amide bonds. The zero-order valence-electron chi connectivity index (χ0n) is 7.72. The number of amides is 1. The minimum absolute atomic E-state index is 0.166. The number of rotatable bonds is 3. The fourth-order valence-corrected chi connectivity index (χ4v) is 1.43. The number of aliphatic imine (C=N–C) groups is 1. The summed E-state index contributed by atoms with van der Waals surface area (Å²) in [4.78, 5) is 14.6. The molecule has 1 heterocycles. The standard InChI is InChI=1S/C11H11NO2/c13-11-10(14-8-12-11)7-6-9-4-2-1-3-5-9/h1-5,8,10H,6-7H2. The molecular weight excluding hydrogens is 178 g/mol. The lowest BCUT2D eigenvalue weighted by atomic mass is 10.1. The third-order valence-electron chi connectivity index (χ3n) is 2.22. The van der Waals surface area contributed by atoms with Crippen LogP contribution in [-0.4, -0.2) is 18.4 Å². The minimum atomic E-state index is -0.366. The lowest BCUT2D eigenvalue weighted by Gasteiger charge is -2.06. The van der Waals surface area contributed by atoms with Gasteiger partial charge in [-0.15, -0.1) is 0 Å². The van der Waals surface area contributed by atoms with Crippen LogP contribution >= 0.6 is 0 Å². The third-order valence-corrected chi connectivity index (χ3v) is 2.22. The second kappa shape index (κ2) is 4.05. The molecule has 1 aromatic carbocycles. The predicted molar refractivity (Wildman–Crippen MR) is 53.1 cm³/mol. The molecule has 3 nitrogen and oxygen atoms in total. The van der Waals surface area contributed by atoms with E-state index in [2.05, 4.69) is 4.99 Å². The average molecular weight is 189 g/mol. The summed E-state index contributed by atoms with van der Waals surface area (Å²) in [6, 6.07) is 10.0. The number of nitrogens with zero attached hydrogens (tertiary/aromatic N) is 1. The maximum Gasteiger partial charge on any atom is 0.289 e. The summed E-state index contributed by atoms with van der Waals surface area (Å²) < 4.78 is 5.05. The van der Waals surface area contributed by atoms with Crippen molar-refractivity contribution in [2.45, 2.75) is 18.9 Å². The zero-order chi connectivity index (χ0) is 9.80. The number of benzene rings is 1. The van der Waals surface area contributed by atoms with Gasteiger partial charge in [0.2, 0.25) is 0 Å². The van der Waals surface area contributed by atoms with Crippen LogP contribution in [0.15, 0.2) is 35.3 Å². The summed E-state index contributed by atoms with van der Waals surface area (Å²) in [5, 5.41) is 0. The van der Waals surface area contributed by atoms with Crippen LogP contribution in [0.4, 0.5) is 0 Å². The van der Waals surface area contributed by atoms with Crippen molar-refractivity contribution in [3.63, 3.8) is 0 Å². The van der Waals surface area contributed by atoms with Gasteiger partial charge in [-0.1, -0.05) is 30.3 Å². The van der Waals surface area contributed by atoms with Gasteiger partial charge in [-0.05, 0) is 18.4 Å². The normalized spacial score (nSPS) is 19.7. The van der Waals surface area contributed by atoms with Gasteiger partial charge >= 0.3 is 0 Å². The first kappa shape index (κ1) is 8.94. The number of aryl methyl sites for hydroxylation is 1. The molecule has 1 atom stereocenters. The van der Waals surface area contributed by atoms with E-state index in [4.69, 9.17) is 4.74 Å². The van der Waals surface area contributed by atoms with E-state index in [1.807, 2.05) is 30.3 Å². The van der Waals surface area contributed by atoms with Crippen molar-refractivity contribution in [3.8, 4) is 0 Å². The van der Waals surface area contributed by atoms with E-state index in [1.165, 1.54) is 12.0 Å². The second-order valence-corrected chi connectivity index (χ2v) is 3.22. The summed E-state index contributed by atoms with van der Waals surface area (Å²) in [7, 11) is 0. The highest BCUT2D eigenvalue weighted by molar-refractivity contribution is 5.91. The highest BCUT2D eigenvalue weighted by Gasteiger charge is 2.22. The molecular formula is C11H11NO2. The van der Waals surface area contributed by atoms with Gasteiger partial charge in [-0.3, -0.25) is 4.79 Å². The fraction of sp³-hybridized carbons (Fsp3) is 0.273. The summed E-state index contributed by atoms with van der Waals surface area (Å²) in [5.41, 5.74) is 1.22. The lowest BCUT2D eigenvalue weighted by Crippen LogP contribution is -2.16. The lowest BCUT2D eigenvalue weighted by molar-refractivity contribution is -0.122. The topological polar surface area (TPSA) is 38.7 Å². The van der Waals surface area contributed by atoms with E-state index in [-0.39, 0.29) is 12.0 Å². The first-order valence-corrected chi connectivity index (χ1v) is 4.62. The molecule has 14 heavy (non-hydrogen) atoms. The van der Waals surface area contributed by atoms with Crippen LogP contribution in [-0.2, 0) is 16.0 Å². The van der Waals surface area contributed by atoms with Gasteiger partial charge in [-0.2, -0.15) is 4.99 Å². The summed E-state index contributed by atoms with van der Waals surface area (Å²) in [5.74, 6) is -0.166. The highest BCUT2D eigenvalue weighted by atomic mass is 16.5. The third kappa shape index (κ3) is 1.99. The highest BCUT2D eigenvalue weighted by Crippen LogP contribution is 2.10. The van der Waals surface area contributed by atoms with E-state index in [0.29, 0.717) is 6.42 Å². The Morgan fingerprint density at radius 1 is 1.29 bits per heavy atom. The van der Waals surface area contributed by atoms with Crippen molar-refractivity contribution in [1.29, 1.82) is 0 Å². The van der Waals surface area contributed by atoms with Crippen LogP contribution < -0.4 is 0 Å². The first-order chi connectivity index (χ1) is 6.86. The van der Waals surface area contributed by atoms with Crippen molar-refractivity contribution >= 4 is 12.3 Å². The van der Waals surface area contributed by atoms with Gasteiger partial charge in [0.05, 0.1) is 0 Å². The van der Waals surface area contributed by atoms with Gasteiger partial charge < -0.3 is 4.74 Å². The summed E-state index contributed by atoms with van der Waals surface area (Å²) >= 11 is 0. The van der Waals surface area contributed by atoms with E-state index in [1.54, 1.807) is 0 Å². The van der Waals surface area contributed by atoms with Crippen LogP contribution in [0.5, 0.6) is 0 Å². The van der Waals surface area contributed by atoms with Gasteiger partial charge in [0.25, 0.3) is 5.91 Å². The molecule has 0 N–H and O–H groups in total. The Morgan fingerprint density at radius 3 is 2.71 bits per heavy atom. The number of ether oxygens (including phenoxy) is 1. The molecule has 0 aromatic heterocycles. The second-order valence-electron chi connectivity index (χ2n) is 3.22. The molecule has 0 bridgehead atoms. The van der Waals surface area contributed by atoms with Crippen LogP contribution in [0.2, 0.25) is 0 Å². The first-order valence-electron chi connectivity index (χ1n) is 4.62. The average Bonchev–Trinajstić information content (AvgIpc) is 2.63. The molecule has 1 aliphatic heterocycles. The molecule has 0 spiro atoms. The van der Waals surface area contributed by atoms with Gasteiger partial charge in [-0.25, -0.2) is 0 Å². The Labute approximate surface area is 82.4 Å². The van der Waals surface area contributed by atoms with Crippen molar-refractivity contribution in [3.05, 3.63) is 35.9 Å². The van der Waals surface area contributed by atoms with Crippen LogP contribution in [0.3, 0.4) is 0 Å². The largest absolute Gasteiger partial charge is 0.470 e. The molecule has 0 aliphatic carbocycles. The van der Waals surface area contributed by atoms with Crippen LogP contribution in [0.25, 0.3) is 0 Å². The van der Waals surface area contributed by atoms with E-state index < -0.39 is 0 Å². The Morgan fingerprint density at radius 2 is 2.07 bits per heavy atom. The fourth-order valence-electron chi connectivity index (χ4n) is 1.43. The molecule has 2 rings (SSSR count). The zero-order valence-corrected chi connectivity index (χ0v) is 7.72. The van der Waals surface area contributed by atoms with E-state index in [0.717, 1.165) is 6.42 Å². The minimum Gasteiger partial charge on any atom is -0.470 e. The Hall–Kier alpha value is -1.64. The number of carbonyl (C=O) groups is 1. The number of carbonyl (C=O) groups excluding carboxylic acids is 1. The monoisotopic (exact) mass is 189 g/mol. The maximum absolute atomic E-state index is 11.1. The van der Waals surface area contributed by atoms with Crippen molar-refractivity contribution in [2.24, 2.45) is 4.99 Å². The van der Waals surface area contributed by atoms with Gasteiger partial charge in [0, 0.05) is 0 Å². The predicted octanol–water partition coefficient (Wildman–Crippen LogP) is 1.57. The van der Waals surface area contributed by atoms with E-state index in [9.17, 15) is 4.79 Å². The van der Waals surface area contributed by atoms with Gasteiger partial charge in [0.1, 0.15) is 0 Å². The molecule has 0 fully saturated rings. The summed E-state index contributed by atoms with van der Waals surface area (Å²) in [6.07, 6.45) is 2.41. The smallest absolute Gasteiger partial charge is 0.289 e. The van der Waals surface area contributed by atoms with Crippen molar-refractivity contribution < 1.29 is 9.53 Å². The SMILES string of the molecule is O=C1N=COC1CCc1ccccc1. The molecule has 0 radical (unpaired) electrons. The maximum atomic E-state index is 11.1. The Kier molecular flexibility index (Phi) is 2.58. The Bertz CT molecular complexity index is 346. The van der Waals surface area contributed by atoms with Gasteiger partial charge in [0.15, 0.2) is 12.5 Å². The molecule has 72 valence electrons. The molecule has 1 aromatic rings. The van der Waals surface area contributed by atoms with E-state index >= 15 is 0 Å². The number of hydrogen-bond donors (Lipinski definition) is 0. The molecule has 1 aliphatic rings. The van der Waals surface area contributed by atoms with Crippen LogP contribution in [0.1, 0.15) is 12.0 Å². The van der Waals surface area contributed by atoms with Crippen LogP contribution in [0, 0.1) is 0 Å². The number of hydrogen-bond acceptors (Lipinski definition) is 2. The summed E-state index contributed by atoms with van der Waals surface area (Å²) in [6.45, 7) is 0. The molecule has 0 saturated carbocycles.